The van der Waals surface area contributed by atoms with Crippen LogP contribution >= 0.6 is 0 Å². The monoisotopic (exact) mass is 412 g/mol. The van der Waals surface area contributed by atoms with Gasteiger partial charge in [-0.25, -0.2) is 0 Å². The second-order valence-electron chi connectivity index (χ2n) is 7.24. The van der Waals surface area contributed by atoms with Gasteiger partial charge in [-0.15, -0.1) is 0 Å². The SMILES string of the molecule is COC12OB(c3ccccc3)OC1(OC)C1(OC)OB(c3ccccc3)OC21OC. The van der Waals surface area contributed by atoms with E-state index in [-0.39, 0.29) is 0 Å². The van der Waals surface area contributed by atoms with Gasteiger partial charge in [0.25, 0.3) is 23.1 Å². The molecule has 0 amide bonds. The summed E-state index contributed by atoms with van der Waals surface area (Å²) in [5.74, 6) is -6.49. The maximum atomic E-state index is 6.32. The quantitative estimate of drug-likeness (QED) is 0.626. The first kappa shape index (κ1) is 20.2. The third kappa shape index (κ3) is 2.05. The molecule has 0 spiro atoms. The lowest BCUT2D eigenvalue weighted by Gasteiger charge is -2.67. The lowest BCUT2D eigenvalue weighted by atomic mass is 9.68. The van der Waals surface area contributed by atoms with Crippen LogP contribution in [0.4, 0.5) is 0 Å². The smallest absolute Gasteiger partial charge is 0.370 e. The normalized spacial score (nSPS) is 37.1. The molecule has 2 aromatic carbocycles. The Morgan fingerprint density at radius 2 is 0.767 bits per heavy atom. The van der Waals surface area contributed by atoms with E-state index in [1.54, 1.807) is 0 Å². The van der Waals surface area contributed by atoms with Crippen LogP contribution in [-0.4, -0.2) is 65.8 Å². The van der Waals surface area contributed by atoms with Crippen molar-refractivity contribution in [3.8, 4) is 0 Å². The zero-order valence-corrected chi connectivity index (χ0v) is 17.2. The van der Waals surface area contributed by atoms with Crippen LogP contribution in [0.25, 0.3) is 0 Å². The fourth-order valence-electron chi connectivity index (χ4n) is 4.84. The first-order chi connectivity index (χ1) is 14.6. The van der Waals surface area contributed by atoms with Crippen molar-refractivity contribution < 1.29 is 37.6 Å². The minimum Gasteiger partial charge on any atom is -0.370 e. The molecule has 2 aromatic rings. The average molecular weight is 412 g/mol. The number of benzene rings is 2. The molecule has 10 heteroatoms. The average Bonchev–Trinajstić information content (AvgIpc) is 3.32. The van der Waals surface area contributed by atoms with E-state index in [9.17, 15) is 0 Å². The molecule has 2 aliphatic heterocycles. The van der Waals surface area contributed by atoms with E-state index in [1.807, 2.05) is 60.7 Å². The number of hydrogen-bond donors (Lipinski definition) is 0. The third-order valence-corrected chi connectivity index (χ3v) is 6.12. The van der Waals surface area contributed by atoms with E-state index in [2.05, 4.69) is 0 Å². The number of hydrogen-bond acceptors (Lipinski definition) is 8. The highest BCUT2D eigenvalue weighted by molar-refractivity contribution is 6.63. The summed E-state index contributed by atoms with van der Waals surface area (Å²) in [7, 11) is 4.26. The van der Waals surface area contributed by atoms with Gasteiger partial charge >= 0.3 is 14.2 Å². The predicted molar refractivity (Wildman–Crippen MR) is 107 cm³/mol. The van der Waals surface area contributed by atoms with E-state index in [1.165, 1.54) is 28.4 Å². The molecule has 8 nitrogen and oxygen atoms in total. The van der Waals surface area contributed by atoms with Crippen molar-refractivity contribution in [1.82, 2.24) is 0 Å². The summed E-state index contributed by atoms with van der Waals surface area (Å²) in [6, 6.07) is 18.9. The van der Waals surface area contributed by atoms with E-state index < -0.39 is 37.4 Å². The number of methoxy groups -OCH3 is 4. The minimum atomic E-state index is -1.62. The summed E-state index contributed by atoms with van der Waals surface area (Å²) in [6.07, 6.45) is 0. The summed E-state index contributed by atoms with van der Waals surface area (Å²) >= 11 is 0. The Bertz CT molecular complexity index is 792. The Morgan fingerprint density at radius 1 is 0.500 bits per heavy atom. The molecule has 156 valence electrons. The molecule has 0 unspecified atom stereocenters. The number of ether oxygens (including phenoxy) is 4. The lowest BCUT2D eigenvalue weighted by molar-refractivity contribution is -0.590. The van der Waals surface area contributed by atoms with Crippen molar-refractivity contribution >= 4 is 25.2 Å². The highest BCUT2D eigenvalue weighted by atomic mass is 17.0. The standard InChI is InChI=1S/C20H22B2O8/c1-23-17-18(24-2,28-21(27-17)15-11-7-5-8-12-15)20(26-4)19(17,25-3)29-22(30-20)16-13-9-6-10-14-16/h5-14H,1-4H3. The van der Waals surface area contributed by atoms with Crippen molar-refractivity contribution in [2.45, 2.75) is 23.1 Å². The second-order valence-corrected chi connectivity index (χ2v) is 7.24. The topological polar surface area (TPSA) is 73.8 Å². The van der Waals surface area contributed by atoms with E-state index in [0.29, 0.717) is 0 Å². The van der Waals surface area contributed by atoms with Gasteiger partial charge in [0, 0.05) is 28.4 Å². The van der Waals surface area contributed by atoms with Gasteiger partial charge in [-0.1, -0.05) is 60.7 Å². The van der Waals surface area contributed by atoms with Gasteiger partial charge in [0.1, 0.15) is 0 Å². The Balaban J connectivity index is 1.63. The van der Waals surface area contributed by atoms with E-state index in [0.717, 1.165) is 10.9 Å². The molecule has 2 saturated heterocycles. The molecule has 1 aliphatic carbocycles. The zero-order valence-electron chi connectivity index (χ0n) is 17.2. The van der Waals surface area contributed by atoms with Gasteiger partial charge in [0.05, 0.1) is 0 Å². The van der Waals surface area contributed by atoms with Gasteiger partial charge in [0.2, 0.25) is 0 Å². The molecule has 0 radical (unpaired) electrons. The molecule has 1 saturated carbocycles. The van der Waals surface area contributed by atoms with Crippen LogP contribution in [0.1, 0.15) is 0 Å². The minimum absolute atomic E-state index is 0.773. The van der Waals surface area contributed by atoms with Gasteiger partial charge < -0.3 is 37.6 Å². The van der Waals surface area contributed by atoms with Gasteiger partial charge in [-0.2, -0.15) is 0 Å². The largest absolute Gasteiger partial charge is 0.498 e. The van der Waals surface area contributed by atoms with Crippen LogP contribution in [0.2, 0.25) is 0 Å². The van der Waals surface area contributed by atoms with Gasteiger partial charge in [-0.3, -0.25) is 0 Å². The maximum absolute atomic E-state index is 6.32. The highest BCUT2D eigenvalue weighted by Gasteiger charge is 3.03. The number of rotatable bonds is 6. The van der Waals surface area contributed by atoms with Crippen LogP contribution in [-0.2, 0) is 37.6 Å². The summed E-state index contributed by atoms with van der Waals surface area (Å²) in [6.45, 7) is 0. The molecule has 3 fully saturated rings. The van der Waals surface area contributed by atoms with E-state index in [4.69, 9.17) is 37.6 Å². The summed E-state index contributed by atoms with van der Waals surface area (Å²) < 4.78 is 48.8. The fourth-order valence-corrected chi connectivity index (χ4v) is 4.84. The van der Waals surface area contributed by atoms with Crippen LogP contribution in [0, 0.1) is 0 Å². The van der Waals surface area contributed by atoms with Crippen molar-refractivity contribution in [1.29, 1.82) is 0 Å². The summed E-state index contributed by atoms with van der Waals surface area (Å²) in [4.78, 5) is 0. The van der Waals surface area contributed by atoms with E-state index >= 15 is 0 Å². The second kappa shape index (κ2) is 6.88. The van der Waals surface area contributed by atoms with Gasteiger partial charge in [0.15, 0.2) is 0 Å². The van der Waals surface area contributed by atoms with Crippen molar-refractivity contribution in [2.24, 2.45) is 0 Å². The van der Waals surface area contributed by atoms with Crippen LogP contribution in [0.3, 0.4) is 0 Å². The van der Waals surface area contributed by atoms with Crippen LogP contribution in [0.15, 0.2) is 60.7 Å². The highest BCUT2D eigenvalue weighted by Crippen LogP contribution is 2.71. The molecular formula is C20H22B2O8. The molecule has 0 aromatic heterocycles. The van der Waals surface area contributed by atoms with Crippen LogP contribution < -0.4 is 10.9 Å². The molecule has 0 atom stereocenters. The fraction of sp³-hybridized carbons (Fsp3) is 0.400. The molecule has 30 heavy (non-hydrogen) atoms. The first-order valence-electron chi connectivity index (χ1n) is 9.61. The molecular weight excluding hydrogens is 390 g/mol. The number of fused-ring (bicyclic) bond motifs is 4. The van der Waals surface area contributed by atoms with Crippen molar-refractivity contribution in [3.05, 3.63) is 60.7 Å². The first-order valence-corrected chi connectivity index (χ1v) is 9.61. The predicted octanol–water partition coefficient (Wildman–Crippen LogP) is 0.255. The maximum Gasteiger partial charge on any atom is 0.498 e. The molecule has 0 bridgehead atoms. The van der Waals surface area contributed by atoms with Crippen molar-refractivity contribution in [3.63, 3.8) is 0 Å². The zero-order chi connectivity index (χ0) is 21.0. The molecule has 0 N–H and O–H groups in total. The summed E-state index contributed by atoms with van der Waals surface area (Å²) in [5.41, 5.74) is 1.55. The Morgan fingerprint density at radius 3 is 1.00 bits per heavy atom. The van der Waals surface area contributed by atoms with Gasteiger partial charge in [-0.05, 0) is 10.9 Å². The molecule has 5 rings (SSSR count). The summed E-state index contributed by atoms with van der Waals surface area (Å²) in [5, 5.41) is 0. The molecule has 2 heterocycles. The molecule has 3 aliphatic rings. The Hall–Kier alpha value is -1.75. The third-order valence-electron chi connectivity index (χ3n) is 6.12. The Labute approximate surface area is 175 Å². The van der Waals surface area contributed by atoms with Crippen LogP contribution in [0.5, 0.6) is 0 Å². The van der Waals surface area contributed by atoms with Crippen molar-refractivity contribution in [2.75, 3.05) is 28.4 Å². The Kier molecular flexibility index (Phi) is 4.62. The lowest BCUT2D eigenvalue weighted by Crippen LogP contribution is -2.95.